The van der Waals surface area contributed by atoms with Gasteiger partial charge in [-0.1, -0.05) is 6.07 Å². The summed E-state index contributed by atoms with van der Waals surface area (Å²) in [6, 6.07) is 6.88. The van der Waals surface area contributed by atoms with Crippen molar-refractivity contribution in [2.75, 3.05) is 5.32 Å². The lowest BCUT2D eigenvalue weighted by Crippen LogP contribution is -2.32. The molecule has 3 N–H and O–H groups in total. The second-order valence-electron chi connectivity index (χ2n) is 4.08. The van der Waals surface area contributed by atoms with Gasteiger partial charge in [0.2, 0.25) is 5.91 Å². The fraction of sp³-hybridized carbons (Fsp3) is 0.250. The Hall–Kier alpha value is -1.92. The van der Waals surface area contributed by atoms with Crippen LogP contribution in [0, 0.1) is 6.92 Å². The zero-order chi connectivity index (χ0) is 13.1. The SMILES string of the molecule is Cc1nncn1-c1cccc(NC(=O)[C@@H](C)N)c1.Cl. The zero-order valence-corrected chi connectivity index (χ0v) is 11.5. The van der Waals surface area contributed by atoms with Gasteiger partial charge in [-0.3, -0.25) is 9.36 Å². The fourth-order valence-corrected chi connectivity index (χ4v) is 1.54. The molecule has 0 spiro atoms. The molecule has 1 aromatic carbocycles. The van der Waals surface area contributed by atoms with Crippen LogP contribution in [0.25, 0.3) is 5.69 Å². The summed E-state index contributed by atoms with van der Waals surface area (Å²) in [7, 11) is 0. The summed E-state index contributed by atoms with van der Waals surface area (Å²) in [5, 5.41) is 10.5. The molecule has 0 fully saturated rings. The van der Waals surface area contributed by atoms with E-state index in [1.165, 1.54) is 0 Å². The number of anilines is 1. The number of hydrogen-bond acceptors (Lipinski definition) is 4. The van der Waals surface area contributed by atoms with Gasteiger partial charge < -0.3 is 11.1 Å². The monoisotopic (exact) mass is 281 g/mol. The predicted octanol–water partition coefficient (Wildman–Crippen LogP) is 1.28. The lowest BCUT2D eigenvalue weighted by atomic mass is 10.2. The van der Waals surface area contributed by atoms with Gasteiger partial charge in [-0.15, -0.1) is 22.6 Å². The number of aromatic nitrogens is 3. The molecule has 0 radical (unpaired) electrons. The summed E-state index contributed by atoms with van der Waals surface area (Å²) >= 11 is 0. The molecule has 6 nitrogen and oxygen atoms in total. The number of rotatable bonds is 3. The van der Waals surface area contributed by atoms with Crippen molar-refractivity contribution in [3.8, 4) is 5.69 Å². The first-order chi connectivity index (χ1) is 8.58. The summed E-state index contributed by atoms with van der Waals surface area (Å²) < 4.78 is 1.83. The second-order valence-corrected chi connectivity index (χ2v) is 4.08. The number of carbonyl (C=O) groups excluding carboxylic acids is 1. The molecule has 0 aliphatic carbocycles. The third-order valence-electron chi connectivity index (χ3n) is 2.52. The minimum Gasteiger partial charge on any atom is -0.325 e. The van der Waals surface area contributed by atoms with Gasteiger partial charge in [0.25, 0.3) is 0 Å². The van der Waals surface area contributed by atoms with Crippen molar-refractivity contribution in [1.29, 1.82) is 0 Å². The van der Waals surface area contributed by atoms with Crippen LogP contribution in [-0.2, 0) is 4.79 Å². The molecule has 1 heterocycles. The summed E-state index contributed by atoms with van der Waals surface area (Å²) in [4.78, 5) is 11.5. The molecule has 0 saturated carbocycles. The molecule has 2 aromatic rings. The highest BCUT2D eigenvalue weighted by Gasteiger charge is 2.08. The standard InChI is InChI=1S/C12H15N5O.ClH/c1-8(13)12(18)15-10-4-3-5-11(6-10)17-7-14-16-9(17)2;/h3-8H,13H2,1-2H3,(H,15,18);1H/t8-;/m1./s1. The molecule has 1 amide bonds. The van der Waals surface area contributed by atoms with Crippen LogP contribution in [0.2, 0.25) is 0 Å². The number of amides is 1. The topological polar surface area (TPSA) is 85.8 Å². The van der Waals surface area contributed by atoms with E-state index in [2.05, 4.69) is 15.5 Å². The number of halogens is 1. The molecular formula is C12H16ClN5O. The zero-order valence-electron chi connectivity index (χ0n) is 10.7. The van der Waals surface area contributed by atoms with E-state index in [-0.39, 0.29) is 18.3 Å². The molecular weight excluding hydrogens is 266 g/mol. The number of nitrogens with zero attached hydrogens (tertiary/aromatic N) is 3. The largest absolute Gasteiger partial charge is 0.325 e. The highest BCUT2D eigenvalue weighted by Crippen LogP contribution is 2.15. The quantitative estimate of drug-likeness (QED) is 0.887. The maximum Gasteiger partial charge on any atom is 0.240 e. The first-order valence-electron chi connectivity index (χ1n) is 5.61. The number of nitrogens with two attached hydrogens (primary N) is 1. The Morgan fingerprint density at radius 3 is 2.79 bits per heavy atom. The average Bonchev–Trinajstić information content (AvgIpc) is 2.75. The molecule has 0 aliphatic rings. The van der Waals surface area contributed by atoms with Crippen molar-refractivity contribution < 1.29 is 4.79 Å². The van der Waals surface area contributed by atoms with Gasteiger partial charge in [-0.05, 0) is 32.0 Å². The summed E-state index contributed by atoms with van der Waals surface area (Å²) in [5.74, 6) is 0.568. The van der Waals surface area contributed by atoms with Gasteiger partial charge in [-0.25, -0.2) is 0 Å². The van der Waals surface area contributed by atoms with E-state index in [1.807, 2.05) is 35.8 Å². The van der Waals surface area contributed by atoms with Gasteiger partial charge in [0.05, 0.1) is 11.7 Å². The van der Waals surface area contributed by atoms with Crippen molar-refractivity contribution in [3.05, 3.63) is 36.4 Å². The van der Waals surface area contributed by atoms with Crippen LogP contribution >= 0.6 is 12.4 Å². The Kier molecular flexibility index (Phi) is 5.02. The van der Waals surface area contributed by atoms with Crippen LogP contribution in [0.5, 0.6) is 0 Å². The van der Waals surface area contributed by atoms with E-state index in [9.17, 15) is 4.79 Å². The smallest absolute Gasteiger partial charge is 0.240 e. The van der Waals surface area contributed by atoms with E-state index in [0.717, 1.165) is 11.5 Å². The van der Waals surface area contributed by atoms with Crippen LogP contribution in [-0.4, -0.2) is 26.7 Å². The van der Waals surface area contributed by atoms with Crippen molar-refractivity contribution in [1.82, 2.24) is 14.8 Å². The highest BCUT2D eigenvalue weighted by atomic mass is 35.5. The van der Waals surface area contributed by atoms with E-state index < -0.39 is 6.04 Å². The number of nitrogens with one attached hydrogen (secondary N) is 1. The minimum absolute atomic E-state index is 0. The maximum atomic E-state index is 11.5. The molecule has 102 valence electrons. The number of hydrogen-bond donors (Lipinski definition) is 2. The highest BCUT2D eigenvalue weighted by molar-refractivity contribution is 5.94. The Labute approximate surface area is 117 Å². The van der Waals surface area contributed by atoms with Crippen LogP contribution in [0.15, 0.2) is 30.6 Å². The van der Waals surface area contributed by atoms with E-state index in [0.29, 0.717) is 5.69 Å². The van der Waals surface area contributed by atoms with Crippen LogP contribution in [0.1, 0.15) is 12.7 Å². The third kappa shape index (κ3) is 3.52. The Morgan fingerprint density at radius 1 is 1.47 bits per heavy atom. The Balaban J connectivity index is 0.00000180. The second kappa shape index (κ2) is 6.31. The van der Waals surface area contributed by atoms with Crippen LogP contribution in [0.3, 0.4) is 0 Å². The summed E-state index contributed by atoms with van der Waals surface area (Å²) in [6.45, 7) is 3.50. The fourth-order valence-electron chi connectivity index (χ4n) is 1.54. The Morgan fingerprint density at radius 2 is 2.21 bits per heavy atom. The van der Waals surface area contributed by atoms with Gasteiger partial charge in [0, 0.05) is 5.69 Å². The molecule has 1 aromatic heterocycles. The maximum absolute atomic E-state index is 11.5. The molecule has 0 aliphatic heterocycles. The van der Waals surface area contributed by atoms with E-state index in [1.54, 1.807) is 13.3 Å². The predicted molar refractivity (Wildman–Crippen MR) is 75.6 cm³/mol. The molecule has 0 bridgehead atoms. The molecule has 0 saturated heterocycles. The van der Waals surface area contributed by atoms with Gasteiger partial charge >= 0.3 is 0 Å². The Bertz CT molecular complexity index is 567. The average molecular weight is 282 g/mol. The van der Waals surface area contributed by atoms with Crippen LogP contribution < -0.4 is 11.1 Å². The summed E-state index contributed by atoms with van der Waals surface area (Å²) in [6.07, 6.45) is 1.63. The van der Waals surface area contributed by atoms with Gasteiger partial charge in [0.15, 0.2) is 0 Å². The molecule has 0 unspecified atom stereocenters. The number of benzene rings is 1. The first kappa shape index (κ1) is 15.1. The normalized spacial score (nSPS) is 11.5. The van der Waals surface area contributed by atoms with Gasteiger partial charge in [-0.2, -0.15) is 0 Å². The minimum atomic E-state index is -0.537. The van der Waals surface area contributed by atoms with Crippen LogP contribution in [0.4, 0.5) is 5.69 Å². The molecule has 19 heavy (non-hydrogen) atoms. The van der Waals surface area contributed by atoms with Crippen molar-refractivity contribution in [3.63, 3.8) is 0 Å². The van der Waals surface area contributed by atoms with Gasteiger partial charge in [0.1, 0.15) is 12.2 Å². The lowest BCUT2D eigenvalue weighted by molar-refractivity contribution is -0.117. The molecule has 2 rings (SSSR count). The molecule has 7 heteroatoms. The molecule has 1 atom stereocenters. The lowest BCUT2D eigenvalue weighted by Gasteiger charge is -2.10. The third-order valence-corrected chi connectivity index (χ3v) is 2.52. The van der Waals surface area contributed by atoms with E-state index >= 15 is 0 Å². The van der Waals surface area contributed by atoms with E-state index in [4.69, 9.17) is 5.73 Å². The van der Waals surface area contributed by atoms with Crippen molar-refractivity contribution >= 4 is 24.0 Å². The summed E-state index contributed by atoms with van der Waals surface area (Å²) in [5.41, 5.74) is 7.09. The first-order valence-corrected chi connectivity index (χ1v) is 5.61. The van der Waals surface area contributed by atoms with Crippen molar-refractivity contribution in [2.24, 2.45) is 5.73 Å². The van der Waals surface area contributed by atoms with Crippen molar-refractivity contribution in [2.45, 2.75) is 19.9 Å². The number of carbonyl (C=O) groups is 1. The number of aryl methyl sites for hydroxylation is 1.